The minimum Gasteiger partial charge on any atom is -0.508 e. The molecule has 104 valence electrons. The van der Waals surface area contributed by atoms with Crippen LogP contribution in [0.2, 0.25) is 0 Å². The third-order valence-electron chi connectivity index (χ3n) is 3.39. The third-order valence-corrected chi connectivity index (χ3v) is 3.88. The molecule has 3 nitrogen and oxygen atoms in total. The molecule has 3 N–H and O–H groups in total. The Morgan fingerprint density at radius 3 is 2.80 bits per heavy atom. The average molecular weight is 338 g/mol. The SMILES string of the molecule is NC1CC(c2cc(O)cc(F)c2)Oc2ccc(Br)cc21. The molecule has 2 unspecified atom stereocenters. The fraction of sp³-hybridized carbons (Fsp3) is 0.200. The highest BCUT2D eigenvalue weighted by Crippen LogP contribution is 2.41. The van der Waals surface area contributed by atoms with Crippen molar-refractivity contribution in [3.8, 4) is 11.5 Å². The fourth-order valence-corrected chi connectivity index (χ4v) is 2.84. The molecular weight excluding hydrogens is 325 g/mol. The largest absolute Gasteiger partial charge is 0.508 e. The van der Waals surface area contributed by atoms with Gasteiger partial charge in [0.05, 0.1) is 0 Å². The highest BCUT2D eigenvalue weighted by molar-refractivity contribution is 9.10. The number of benzene rings is 2. The molecule has 1 heterocycles. The van der Waals surface area contributed by atoms with Crippen molar-refractivity contribution < 1.29 is 14.2 Å². The van der Waals surface area contributed by atoms with Crippen molar-refractivity contribution in [3.63, 3.8) is 0 Å². The zero-order valence-electron chi connectivity index (χ0n) is 10.5. The fourth-order valence-electron chi connectivity index (χ4n) is 2.46. The van der Waals surface area contributed by atoms with Gasteiger partial charge in [-0.2, -0.15) is 0 Å². The first-order valence-corrected chi connectivity index (χ1v) is 7.03. The summed E-state index contributed by atoms with van der Waals surface area (Å²) in [5.74, 6) is 0.0956. The van der Waals surface area contributed by atoms with Gasteiger partial charge in [-0.15, -0.1) is 0 Å². The number of hydrogen-bond donors (Lipinski definition) is 2. The Labute approximate surface area is 124 Å². The van der Waals surface area contributed by atoms with E-state index in [9.17, 15) is 9.50 Å². The first-order chi connectivity index (χ1) is 9.52. The third kappa shape index (κ3) is 2.51. The highest BCUT2D eigenvalue weighted by atomic mass is 79.9. The lowest BCUT2D eigenvalue weighted by molar-refractivity contribution is 0.161. The van der Waals surface area contributed by atoms with Crippen LogP contribution < -0.4 is 10.5 Å². The van der Waals surface area contributed by atoms with Gasteiger partial charge in [-0.25, -0.2) is 4.39 Å². The number of fused-ring (bicyclic) bond motifs is 1. The van der Waals surface area contributed by atoms with Gasteiger partial charge in [-0.1, -0.05) is 15.9 Å². The second kappa shape index (κ2) is 5.07. The molecule has 2 aromatic rings. The molecule has 0 aromatic heterocycles. The lowest BCUT2D eigenvalue weighted by Gasteiger charge is -2.30. The van der Waals surface area contributed by atoms with Crippen molar-refractivity contribution in [2.45, 2.75) is 18.6 Å². The predicted octanol–water partition coefficient (Wildman–Crippen LogP) is 3.82. The first kappa shape index (κ1) is 13.4. The zero-order chi connectivity index (χ0) is 14.3. The van der Waals surface area contributed by atoms with Crippen LogP contribution in [0.15, 0.2) is 40.9 Å². The van der Waals surface area contributed by atoms with E-state index in [1.54, 1.807) is 0 Å². The molecule has 0 saturated heterocycles. The van der Waals surface area contributed by atoms with Crippen LogP contribution in [0.3, 0.4) is 0 Å². The van der Waals surface area contributed by atoms with E-state index in [1.807, 2.05) is 18.2 Å². The lowest BCUT2D eigenvalue weighted by Crippen LogP contribution is -2.24. The molecule has 20 heavy (non-hydrogen) atoms. The van der Waals surface area contributed by atoms with Crippen LogP contribution in [0.5, 0.6) is 11.5 Å². The predicted molar refractivity (Wildman–Crippen MR) is 77.1 cm³/mol. The number of phenols is 1. The molecule has 0 amide bonds. The maximum Gasteiger partial charge on any atom is 0.127 e. The van der Waals surface area contributed by atoms with Gasteiger partial charge in [-0.05, 0) is 35.9 Å². The quantitative estimate of drug-likeness (QED) is 0.831. The number of phenolic OH excluding ortho intramolecular Hbond substituents is 1. The summed E-state index contributed by atoms with van der Waals surface area (Å²) in [5.41, 5.74) is 7.68. The topological polar surface area (TPSA) is 55.5 Å². The standard InChI is InChI=1S/C15H13BrFNO2/c16-9-1-2-14-12(5-9)13(18)7-15(20-14)8-3-10(17)6-11(19)4-8/h1-6,13,15,19H,7,18H2. The van der Waals surface area contributed by atoms with Gasteiger partial charge in [-0.3, -0.25) is 0 Å². The summed E-state index contributed by atoms with van der Waals surface area (Å²) in [5, 5.41) is 9.49. The van der Waals surface area contributed by atoms with Gasteiger partial charge in [0.25, 0.3) is 0 Å². The van der Waals surface area contributed by atoms with Gasteiger partial charge < -0.3 is 15.6 Å². The molecule has 0 saturated carbocycles. The Morgan fingerprint density at radius 1 is 1.25 bits per heavy atom. The number of ether oxygens (including phenoxy) is 1. The van der Waals surface area contributed by atoms with Crippen molar-refractivity contribution in [2.24, 2.45) is 5.73 Å². The summed E-state index contributed by atoms with van der Waals surface area (Å²) in [7, 11) is 0. The summed E-state index contributed by atoms with van der Waals surface area (Å²) in [4.78, 5) is 0. The number of rotatable bonds is 1. The highest BCUT2D eigenvalue weighted by Gasteiger charge is 2.27. The van der Waals surface area contributed by atoms with Crippen LogP contribution in [0, 0.1) is 5.82 Å². The number of aromatic hydroxyl groups is 1. The van der Waals surface area contributed by atoms with Crippen molar-refractivity contribution in [1.82, 2.24) is 0 Å². The molecule has 0 spiro atoms. The van der Waals surface area contributed by atoms with E-state index in [0.29, 0.717) is 17.7 Å². The molecule has 3 rings (SSSR count). The molecule has 2 atom stereocenters. The van der Waals surface area contributed by atoms with E-state index in [2.05, 4.69) is 15.9 Å². The Hall–Kier alpha value is -1.59. The average Bonchev–Trinajstić information content (AvgIpc) is 2.38. The lowest BCUT2D eigenvalue weighted by atomic mass is 9.93. The maximum atomic E-state index is 13.4. The first-order valence-electron chi connectivity index (χ1n) is 6.24. The second-order valence-corrected chi connectivity index (χ2v) is 5.79. The summed E-state index contributed by atoms with van der Waals surface area (Å²) in [6, 6.07) is 9.38. The van der Waals surface area contributed by atoms with E-state index >= 15 is 0 Å². The molecular formula is C15H13BrFNO2. The van der Waals surface area contributed by atoms with Crippen molar-refractivity contribution in [3.05, 3.63) is 57.8 Å². The summed E-state index contributed by atoms with van der Waals surface area (Å²) in [6.45, 7) is 0. The van der Waals surface area contributed by atoms with Crippen molar-refractivity contribution >= 4 is 15.9 Å². The minimum atomic E-state index is -0.487. The molecule has 0 radical (unpaired) electrons. The molecule has 2 aromatic carbocycles. The van der Waals surface area contributed by atoms with Gasteiger partial charge in [0.15, 0.2) is 0 Å². The monoisotopic (exact) mass is 337 g/mol. The van der Waals surface area contributed by atoms with Crippen LogP contribution in [-0.4, -0.2) is 5.11 Å². The number of halogens is 2. The summed E-state index contributed by atoms with van der Waals surface area (Å²) >= 11 is 3.40. The van der Waals surface area contributed by atoms with Crippen molar-refractivity contribution in [1.29, 1.82) is 0 Å². The van der Waals surface area contributed by atoms with Crippen molar-refractivity contribution in [2.75, 3.05) is 0 Å². The Morgan fingerprint density at radius 2 is 2.05 bits per heavy atom. The second-order valence-electron chi connectivity index (χ2n) is 4.87. The molecule has 1 aliphatic rings. The molecule has 0 bridgehead atoms. The molecule has 1 aliphatic heterocycles. The van der Waals surface area contributed by atoms with E-state index in [4.69, 9.17) is 10.5 Å². The van der Waals surface area contributed by atoms with E-state index in [0.717, 1.165) is 16.1 Å². The smallest absolute Gasteiger partial charge is 0.127 e. The van der Waals surface area contributed by atoms with Crippen LogP contribution >= 0.6 is 15.9 Å². The van der Waals surface area contributed by atoms with E-state index in [1.165, 1.54) is 12.1 Å². The van der Waals surface area contributed by atoms with Gasteiger partial charge in [0.1, 0.15) is 23.4 Å². The number of nitrogens with two attached hydrogens (primary N) is 1. The summed E-state index contributed by atoms with van der Waals surface area (Å²) in [6.07, 6.45) is 0.173. The van der Waals surface area contributed by atoms with Crippen LogP contribution in [0.25, 0.3) is 0 Å². The Kier molecular flexibility index (Phi) is 3.40. The van der Waals surface area contributed by atoms with Gasteiger partial charge in [0, 0.05) is 28.6 Å². The minimum absolute atomic E-state index is 0.112. The molecule has 0 aliphatic carbocycles. The normalized spacial score (nSPS) is 21.1. The zero-order valence-corrected chi connectivity index (χ0v) is 12.1. The van der Waals surface area contributed by atoms with Crippen LogP contribution in [0.1, 0.15) is 29.7 Å². The van der Waals surface area contributed by atoms with Crippen LogP contribution in [0.4, 0.5) is 4.39 Å². The number of hydrogen-bond acceptors (Lipinski definition) is 3. The van der Waals surface area contributed by atoms with Gasteiger partial charge >= 0.3 is 0 Å². The van der Waals surface area contributed by atoms with Gasteiger partial charge in [0.2, 0.25) is 0 Å². The Balaban J connectivity index is 1.96. The Bertz CT molecular complexity index is 642. The molecule has 5 heteroatoms. The van der Waals surface area contributed by atoms with Crippen LogP contribution in [-0.2, 0) is 0 Å². The molecule has 0 fully saturated rings. The maximum absolute atomic E-state index is 13.4. The summed E-state index contributed by atoms with van der Waals surface area (Å²) < 4.78 is 20.2. The van der Waals surface area contributed by atoms with E-state index in [-0.39, 0.29) is 17.9 Å². The van der Waals surface area contributed by atoms with E-state index < -0.39 is 5.82 Å².